The zero-order valence-electron chi connectivity index (χ0n) is 9.92. The number of aryl methyl sites for hydroxylation is 1. The predicted octanol–water partition coefficient (Wildman–Crippen LogP) is 3.61. The molecule has 108 valence electrons. The molecule has 0 fully saturated rings. The lowest BCUT2D eigenvalue weighted by Crippen LogP contribution is -2.15. The highest BCUT2D eigenvalue weighted by atomic mass is 19.4. The molecule has 0 unspecified atom stereocenters. The predicted molar refractivity (Wildman–Crippen MR) is 56.1 cm³/mol. The maximum atomic E-state index is 12.7. The number of aromatic nitrogens is 3. The van der Waals surface area contributed by atoms with Gasteiger partial charge < -0.3 is 0 Å². The van der Waals surface area contributed by atoms with Crippen molar-refractivity contribution in [3.63, 3.8) is 0 Å². The van der Waals surface area contributed by atoms with E-state index in [-0.39, 0.29) is 11.5 Å². The first-order chi connectivity index (χ1) is 9.09. The van der Waals surface area contributed by atoms with E-state index in [9.17, 15) is 26.3 Å². The van der Waals surface area contributed by atoms with Gasteiger partial charge in [0.1, 0.15) is 5.82 Å². The Balaban J connectivity index is 2.58. The van der Waals surface area contributed by atoms with Gasteiger partial charge in [0.2, 0.25) is 5.82 Å². The number of rotatable bonds is 1. The maximum absolute atomic E-state index is 12.7. The van der Waals surface area contributed by atoms with Crippen LogP contribution in [0.2, 0.25) is 0 Å². The first kappa shape index (κ1) is 14.4. The standard InChI is InChI=1S/C11H7F6N3/c1-6-18-9(11(15,16)17)20(19-6)8-4-2-3-7(5-8)10(12,13)14/h2-5H,1H3. The van der Waals surface area contributed by atoms with Crippen molar-refractivity contribution in [2.75, 3.05) is 0 Å². The van der Waals surface area contributed by atoms with Crippen LogP contribution in [0.15, 0.2) is 24.3 Å². The van der Waals surface area contributed by atoms with Crippen molar-refractivity contribution in [2.45, 2.75) is 19.3 Å². The normalized spacial score (nSPS) is 12.8. The SMILES string of the molecule is Cc1nc(C(F)(F)F)n(-c2cccc(C(F)(F)F)c2)n1. The van der Waals surface area contributed by atoms with Crippen LogP contribution in [0.25, 0.3) is 5.69 Å². The molecule has 1 heterocycles. The molecule has 0 saturated carbocycles. The average molecular weight is 295 g/mol. The van der Waals surface area contributed by atoms with Crippen molar-refractivity contribution < 1.29 is 26.3 Å². The lowest BCUT2D eigenvalue weighted by atomic mass is 10.2. The van der Waals surface area contributed by atoms with Crippen LogP contribution < -0.4 is 0 Å². The van der Waals surface area contributed by atoms with Crippen LogP contribution in [-0.2, 0) is 12.4 Å². The van der Waals surface area contributed by atoms with E-state index in [2.05, 4.69) is 10.1 Å². The van der Waals surface area contributed by atoms with Crippen molar-refractivity contribution in [3.05, 3.63) is 41.5 Å². The summed E-state index contributed by atoms with van der Waals surface area (Å²) in [6.45, 7) is 1.22. The number of nitrogens with zero attached hydrogens (tertiary/aromatic N) is 3. The highest BCUT2D eigenvalue weighted by Gasteiger charge is 2.38. The Morgan fingerprint density at radius 2 is 1.65 bits per heavy atom. The van der Waals surface area contributed by atoms with Gasteiger partial charge in [-0.05, 0) is 25.1 Å². The van der Waals surface area contributed by atoms with Gasteiger partial charge >= 0.3 is 12.4 Å². The van der Waals surface area contributed by atoms with Gasteiger partial charge in [0.15, 0.2) is 0 Å². The fraction of sp³-hybridized carbons (Fsp3) is 0.273. The molecule has 1 aromatic heterocycles. The molecule has 0 spiro atoms. The van der Waals surface area contributed by atoms with Crippen LogP contribution >= 0.6 is 0 Å². The smallest absolute Gasteiger partial charge is 0.209 e. The summed E-state index contributed by atoms with van der Waals surface area (Å²) in [5, 5.41) is 3.49. The zero-order valence-corrected chi connectivity index (χ0v) is 9.92. The molecule has 0 bridgehead atoms. The second-order valence-corrected chi connectivity index (χ2v) is 3.94. The molecule has 2 rings (SSSR count). The number of alkyl halides is 6. The van der Waals surface area contributed by atoms with Crippen LogP contribution in [0.1, 0.15) is 17.2 Å². The third kappa shape index (κ3) is 2.75. The zero-order chi connectivity index (χ0) is 15.1. The third-order valence-electron chi connectivity index (χ3n) is 2.38. The van der Waals surface area contributed by atoms with Gasteiger partial charge in [0.25, 0.3) is 0 Å². The van der Waals surface area contributed by atoms with Gasteiger partial charge in [0, 0.05) is 0 Å². The fourth-order valence-electron chi connectivity index (χ4n) is 1.59. The highest BCUT2D eigenvalue weighted by molar-refractivity contribution is 5.37. The molecule has 2 aromatic rings. The first-order valence-electron chi connectivity index (χ1n) is 5.27. The highest BCUT2D eigenvalue weighted by Crippen LogP contribution is 2.32. The number of hydrogen-bond donors (Lipinski definition) is 0. The Labute approximate surface area is 108 Å². The van der Waals surface area contributed by atoms with E-state index in [1.54, 1.807) is 0 Å². The van der Waals surface area contributed by atoms with Gasteiger partial charge in [0.05, 0.1) is 11.3 Å². The third-order valence-corrected chi connectivity index (χ3v) is 2.38. The number of hydrogen-bond acceptors (Lipinski definition) is 2. The molecule has 0 saturated heterocycles. The summed E-state index contributed by atoms with van der Waals surface area (Å²) in [5.41, 5.74) is -1.41. The van der Waals surface area contributed by atoms with Crippen molar-refractivity contribution >= 4 is 0 Å². The number of halogens is 6. The molecule has 20 heavy (non-hydrogen) atoms. The Morgan fingerprint density at radius 1 is 1.00 bits per heavy atom. The Bertz CT molecular complexity index is 626. The molecule has 0 aliphatic heterocycles. The Kier molecular flexibility index (Phi) is 3.23. The molecule has 3 nitrogen and oxygen atoms in total. The van der Waals surface area contributed by atoms with E-state index >= 15 is 0 Å². The Hall–Kier alpha value is -2.06. The topological polar surface area (TPSA) is 30.7 Å². The average Bonchev–Trinajstić information content (AvgIpc) is 2.70. The van der Waals surface area contributed by atoms with E-state index in [4.69, 9.17) is 0 Å². The molecule has 0 N–H and O–H groups in total. The lowest BCUT2D eigenvalue weighted by molar-refractivity contribution is -0.146. The largest absolute Gasteiger partial charge is 0.451 e. The van der Waals surface area contributed by atoms with Crippen LogP contribution in [0.3, 0.4) is 0 Å². The van der Waals surface area contributed by atoms with Crippen LogP contribution in [0.4, 0.5) is 26.3 Å². The maximum Gasteiger partial charge on any atom is 0.451 e. The minimum absolute atomic E-state index is 0.185. The fourth-order valence-corrected chi connectivity index (χ4v) is 1.59. The van der Waals surface area contributed by atoms with Crippen LogP contribution in [0.5, 0.6) is 0 Å². The molecule has 0 atom stereocenters. The molecule has 1 aromatic carbocycles. The van der Waals surface area contributed by atoms with Gasteiger partial charge in [-0.15, -0.1) is 0 Å². The molecular formula is C11H7F6N3. The lowest BCUT2D eigenvalue weighted by Gasteiger charge is -2.11. The minimum Gasteiger partial charge on any atom is -0.209 e. The molecular weight excluding hydrogens is 288 g/mol. The number of benzene rings is 1. The first-order valence-corrected chi connectivity index (χ1v) is 5.27. The summed E-state index contributed by atoms with van der Waals surface area (Å²) in [4.78, 5) is 3.20. The molecule has 0 aliphatic rings. The van der Waals surface area contributed by atoms with E-state index in [0.717, 1.165) is 18.2 Å². The van der Waals surface area contributed by atoms with Crippen molar-refractivity contribution in [2.24, 2.45) is 0 Å². The summed E-state index contributed by atoms with van der Waals surface area (Å²) in [6.07, 6.45) is -9.46. The van der Waals surface area contributed by atoms with Gasteiger partial charge in [-0.2, -0.15) is 31.4 Å². The molecule has 0 amide bonds. The van der Waals surface area contributed by atoms with Crippen LogP contribution in [-0.4, -0.2) is 14.8 Å². The second-order valence-electron chi connectivity index (χ2n) is 3.94. The quantitative estimate of drug-likeness (QED) is 0.752. The van der Waals surface area contributed by atoms with Gasteiger partial charge in [-0.1, -0.05) is 6.07 Å². The van der Waals surface area contributed by atoms with Crippen LogP contribution in [0, 0.1) is 6.92 Å². The van der Waals surface area contributed by atoms with Crippen molar-refractivity contribution in [1.82, 2.24) is 14.8 Å². The summed E-state index contributed by atoms with van der Waals surface area (Å²) in [6, 6.07) is 3.46. The van der Waals surface area contributed by atoms with E-state index in [0.29, 0.717) is 10.7 Å². The molecule has 0 aliphatic carbocycles. The second kappa shape index (κ2) is 4.50. The van der Waals surface area contributed by atoms with E-state index in [1.165, 1.54) is 6.92 Å². The molecule has 0 radical (unpaired) electrons. The summed E-state index contributed by atoms with van der Waals surface area (Å²) in [7, 11) is 0. The van der Waals surface area contributed by atoms with E-state index in [1.807, 2.05) is 0 Å². The molecule has 9 heteroatoms. The van der Waals surface area contributed by atoms with E-state index < -0.39 is 23.7 Å². The summed E-state index contributed by atoms with van der Waals surface area (Å²) >= 11 is 0. The van der Waals surface area contributed by atoms with Crippen molar-refractivity contribution in [3.8, 4) is 5.69 Å². The summed E-state index contributed by atoms with van der Waals surface area (Å²) < 4.78 is 76.2. The van der Waals surface area contributed by atoms with Gasteiger partial charge in [-0.3, -0.25) is 0 Å². The Morgan fingerprint density at radius 3 is 2.20 bits per heavy atom. The minimum atomic E-state index is -4.81. The van der Waals surface area contributed by atoms with Gasteiger partial charge in [-0.25, -0.2) is 9.67 Å². The summed E-state index contributed by atoms with van der Waals surface area (Å²) in [5.74, 6) is -1.55. The van der Waals surface area contributed by atoms with Crippen molar-refractivity contribution in [1.29, 1.82) is 0 Å². The monoisotopic (exact) mass is 295 g/mol.